The second-order valence-corrected chi connectivity index (χ2v) is 6.02. The Kier molecular flexibility index (Phi) is 3.95. The zero-order valence-electron chi connectivity index (χ0n) is 14.5. The number of amides is 1. The van der Waals surface area contributed by atoms with E-state index in [0.29, 0.717) is 28.2 Å². The molecule has 136 valence electrons. The van der Waals surface area contributed by atoms with Gasteiger partial charge in [-0.15, -0.1) is 0 Å². The van der Waals surface area contributed by atoms with Crippen LogP contribution in [0.4, 0.5) is 14.5 Å². The predicted octanol–water partition coefficient (Wildman–Crippen LogP) is 4.07. The number of rotatable bonds is 3. The van der Waals surface area contributed by atoms with E-state index in [2.05, 4.69) is 15.4 Å². The number of fused-ring (bicyclic) bond motifs is 1. The van der Waals surface area contributed by atoms with Crippen molar-refractivity contribution >= 4 is 22.6 Å². The van der Waals surface area contributed by atoms with Crippen molar-refractivity contribution in [1.29, 1.82) is 0 Å². The monoisotopic (exact) mass is 368 g/mol. The van der Waals surface area contributed by atoms with E-state index < -0.39 is 17.5 Å². The number of pyridine rings is 1. The molecule has 0 aliphatic heterocycles. The summed E-state index contributed by atoms with van der Waals surface area (Å²) in [6, 6.07) is 7.83. The Hall–Kier alpha value is -3.55. The number of benzene rings is 1. The number of aryl methyl sites for hydroxylation is 2. The molecule has 0 saturated carbocycles. The Bertz CT molecular complexity index is 1170. The van der Waals surface area contributed by atoms with E-state index in [1.165, 1.54) is 6.26 Å². The lowest BCUT2D eigenvalue weighted by molar-refractivity contribution is 0.102. The molecule has 1 N–H and O–H groups in total. The van der Waals surface area contributed by atoms with Crippen LogP contribution in [0.1, 0.15) is 16.1 Å². The van der Waals surface area contributed by atoms with Gasteiger partial charge in [-0.05, 0) is 37.3 Å². The molecule has 0 unspecified atom stereocenters. The van der Waals surface area contributed by atoms with Gasteiger partial charge in [-0.2, -0.15) is 5.10 Å². The van der Waals surface area contributed by atoms with E-state index in [1.54, 1.807) is 36.9 Å². The van der Waals surface area contributed by atoms with Crippen LogP contribution in [-0.4, -0.2) is 20.7 Å². The smallest absolute Gasteiger partial charge is 0.256 e. The molecule has 6 nitrogen and oxygen atoms in total. The lowest BCUT2D eigenvalue weighted by Crippen LogP contribution is -2.14. The molecule has 4 aromatic rings. The van der Waals surface area contributed by atoms with Crippen molar-refractivity contribution in [2.24, 2.45) is 7.05 Å². The highest BCUT2D eigenvalue weighted by Gasteiger charge is 2.21. The SMILES string of the molecule is Cc1nn(C)c2nc(-c3ccco3)cc(C(=O)Nc3cc(F)ccc3F)c12. The maximum atomic E-state index is 13.9. The fourth-order valence-corrected chi connectivity index (χ4v) is 2.96. The number of halogens is 2. The van der Waals surface area contributed by atoms with E-state index in [9.17, 15) is 13.6 Å². The quantitative estimate of drug-likeness (QED) is 0.592. The second kappa shape index (κ2) is 6.31. The van der Waals surface area contributed by atoms with E-state index >= 15 is 0 Å². The van der Waals surface area contributed by atoms with Gasteiger partial charge in [0.05, 0.1) is 28.6 Å². The van der Waals surface area contributed by atoms with Gasteiger partial charge in [0, 0.05) is 13.1 Å². The molecule has 8 heteroatoms. The van der Waals surface area contributed by atoms with Gasteiger partial charge >= 0.3 is 0 Å². The Morgan fingerprint density at radius 2 is 2.04 bits per heavy atom. The van der Waals surface area contributed by atoms with Gasteiger partial charge in [-0.3, -0.25) is 9.48 Å². The van der Waals surface area contributed by atoms with E-state index in [-0.39, 0.29) is 11.3 Å². The van der Waals surface area contributed by atoms with Gasteiger partial charge in [0.25, 0.3) is 5.91 Å². The van der Waals surface area contributed by atoms with Gasteiger partial charge in [0.2, 0.25) is 0 Å². The molecule has 3 heterocycles. The van der Waals surface area contributed by atoms with Crippen molar-refractivity contribution in [2.75, 3.05) is 5.32 Å². The van der Waals surface area contributed by atoms with Gasteiger partial charge in [0.1, 0.15) is 17.3 Å². The summed E-state index contributed by atoms with van der Waals surface area (Å²) in [5.74, 6) is -1.51. The summed E-state index contributed by atoms with van der Waals surface area (Å²) in [5, 5.41) is 7.25. The summed E-state index contributed by atoms with van der Waals surface area (Å²) in [4.78, 5) is 17.4. The molecular weight excluding hydrogens is 354 g/mol. The number of nitrogens with one attached hydrogen (secondary N) is 1. The molecule has 0 atom stereocenters. The van der Waals surface area contributed by atoms with Crippen molar-refractivity contribution in [3.05, 3.63) is 65.6 Å². The molecule has 0 spiro atoms. The standard InChI is InChI=1S/C19H14F2N4O2/c1-10-17-12(19(26)23-14-8-11(20)5-6-13(14)21)9-15(16-4-3-7-27-16)22-18(17)25(2)24-10/h3-9H,1-2H3,(H,23,26). The van der Waals surface area contributed by atoms with Crippen LogP contribution < -0.4 is 5.32 Å². The minimum atomic E-state index is -0.732. The number of hydrogen-bond donors (Lipinski definition) is 1. The van der Waals surface area contributed by atoms with E-state index in [0.717, 1.165) is 18.2 Å². The van der Waals surface area contributed by atoms with Crippen LogP contribution in [0.15, 0.2) is 47.1 Å². The van der Waals surface area contributed by atoms with Gasteiger partial charge in [-0.1, -0.05) is 0 Å². The normalized spacial score (nSPS) is 11.1. The van der Waals surface area contributed by atoms with Gasteiger partial charge in [-0.25, -0.2) is 13.8 Å². The van der Waals surface area contributed by atoms with Crippen molar-refractivity contribution < 1.29 is 18.0 Å². The van der Waals surface area contributed by atoms with Crippen LogP contribution in [0.25, 0.3) is 22.5 Å². The highest BCUT2D eigenvalue weighted by Crippen LogP contribution is 2.28. The molecule has 0 aliphatic carbocycles. The first kappa shape index (κ1) is 16.9. The molecule has 0 saturated heterocycles. The number of carbonyl (C=O) groups excluding carboxylic acids is 1. The Morgan fingerprint density at radius 3 is 2.78 bits per heavy atom. The van der Waals surface area contributed by atoms with E-state index in [4.69, 9.17) is 4.42 Å². The average molecular weight is 368 g/mol. The number of carbonyl (C=O) groups is 1. The fraction of sp³-hybridized carbons (Fsp3) is 0.105. The first-order chi connectivity index (χ1) is 12.9. The van der Waals surface area contributed by atoms with Crippen LogP contribution in [0.3, 0.4) is 0 Å². The Balaban J connectivity index is 1.86. The number of aromatic nitrogens is 3. The average Bonchev–Trinajstić information content (AvgIpc) is 3.26. The zero-order chi connectivity index (χ0) is 19.1. The van der Waals surface area contributed by atoms with Crippen molar-refractivity contribution in [1.82, 2.24) is 14.8 Å². The Morgan fingerprint density at radius 1 is 1.22 bits per heavy atom. The summed E-state index contributed by atoms with van der Waals surface area (Å²) in [6.07, 6.45) is 1.50. The first-order valence-electron chi connectivity index (χ1n) is 8.08. The zero-order valence-corrected chi connectivity index (χ0v) is 14.5. The maximum absolute atomic E-state index is 13.9. The summed E-state index contributed by atoms with van der Waals surface area (Å²) in [5.41, 5.74) is 1.49. The minimum absolute atomic E-state index is 0.237. The summed E-state index contributed by atoms with van der Waals surface area (Å²) in [6.45, 7) is 1.75. The third-order valence-corrected chi connectivity index (χ3v) is 4.16. The summed E-state index contributed by atoms with van der Waals surface area (Å²) in [7, 11) is 1.71. The fourth-order valence-electron chi connectivity index (χ4n) is 2.96. The Labute approximate surface area is 152 Å². The minimum Gasteiger partial charge on any atom is -0.463 e. The van der Waals surface area contributed by atoms with Gasteiger partial charge < -0.3 is 9.73 Å². The molecule has 1 amide bonds. The maximum Gasteiger partial charge on any atom is 0.256 e. The van der Waals surface area contributed by atoms with Crippen LogP contribution in [0, 0.1) is 18.6 Å². The van der Waals surface area contributed by atoms with Crippen molar-refractivity contribution in [2.45, 2.75) is 6.92 Å². The van der Waals surface area contributed by atoms with Crippen molar-refractivity contribution in [3.63, 3.8) is 0 Å². The number of furan rings is 1. The molecule has 3 aromatic heterocycles. The molecule has 27 heavy (non-hydrogen) atoms. The van der Waals surface area contributed by atoms with Crippen LogP contribution in [0.2, 0.25) is 0 Å². The molecule has 4 rings (SSSR count). The van der Waals surface area contributed by atoms with Gasteiger partial charge in [0.15, 0.2) is 11.4 Å². The molecule has 0 bridgehead atoms. The summed E-state index contributed by atoms with van der Waals surface area (Å²) >= 11 is 0. The highest BCUT2D eigenvalue weighted by molar-refractivity contribution is 6.13. The van der Waals surface area contributed by atoms with Crippen LogP contribution in [0.5, 0.6) is 0 Å². The first-order valence-corrected chi connectivity index (χ1v) is 8.08. The third kappa shape index (κ3) is 2.95. The van der Waals surface area contributed by atoms with Crippen LogP contribution >= 0.6 is 0 Å². The lowest BCUT2D eigenvalue weighted by atomic mass is 10.1. The number of hydrogen-bond acceptors (Lipinski definition) is 4. The van der Waals surface area contributed by atoms with Crippen LogP contribution in [-0.2, 0) is 7.05 Å². The molecule has 1 aromatic carbocycles. The predicted molar refractivity (Wildman–Crippen MR) is 95.3 cm³/mol. The molecule has 0 fully saturated rings. The second-order valence-electron chi connectivity index (χ2n) is 6.02. The number of anilines is 1. The number of nitrogens with zero attached hydrogens (tertiary/aromatic N) is 3. The van der Waals surface area contributed by atoms with E-state index in [1.807, 2.05) is 0 Å². The molecular formula is C19H14F2N4O2. The summed E-state index contributed by atoms with van der Waals surface area (Å²) < 4.78 is 34.3. The van der Waals surface area contributed by atoms with Crippen molar-refractivity contribution in [3.8, 4) is 11.5 Å². The molecule has 0 radical (unpaired) electrons. The molecule has 0 aliphatic rings. The third-order valence-electron chi connectivity index (χ3n) is 4.16. The topological polar surface area (TPSA) is 73.0 Å². The largest absolute Gasteiger partial charge is 0.463 e. The lowest BCUT2D eigenvalue weighted by Gasteiger charge is -2.09. The highest BCUT2D eigenvalue weighted by atomic mass is 19.1.